The van der Waals surface area contributed by atoms with E-state index in [0.29, 0.717) is 10.5 Å². The van der Waals surface area contributed by atoms with Crippen molar-refractivity contribution in [2.75, 3.05) is 0 Å². The SMILES string of the molecule is OB(O)c1cccc(-n2cc(Cl)cn2)c1. The highest BCUT2D eigenvalue weighted by atomic mass is 35.5. The van der Waals surface area contributed by atoms with Gasteiger partial charge in [0, 0.05) is 6.20 Å². The third-order valence-electron chi connectivity index (χ3n) is 1.98. The molecule has 0 atom stereocenters. The number of hydrogen-bond acceptors (Lipinski definition) is 3. The van der Waals surface area contributed by atoms with E-state index < -0.39 is 7.12 Å². The summed E-state index contributed by atoms with van der Waals surface area (Å²) in [4.78, 5) is 0. The van der Waals surface area contributed by atoms with Gasteiger partial charge < -0.3 is 10.0 Å². The Morgan fingerprint density at radius 2 is 2.13 bits per heavy atom. The predicted molar refractivity (Wildman–Crippen MR) is 58.4 cm³/mol. The van der Waals surface area contributed by atoms with Crippen molar-refractivity contribution in [1.29, 1.82) is 0 Å². The van der Waals surface area contributed by atoms with Gasteiger partial charge in [-0.15, -0.1) is 0 Å². The monoisotopic (exact) mass is 222 g/mol. The molecule has 6 heteroatoms. The molecule has 0 aliphatic carbocycles. The van der Waals surface area contributed by atoms with Crippen LogP contribution in [0.15, 0.2) is 36.7 Å². The second kappa shape index (κ2) is 4.06. The molecule has 2 aromatic rings. The highest BCUT2D eigenvalue weighted by Gasteiger charge is 2.11. The van der Waals surface area contributed by atoms with Crippen LogP contribution < -0.4 is 5.46 Å². The lowest BCUT2D eigenvalue weighted by Gasteiger charge is -2.03. The van der Waals surface area contributed by atoms with Crippen LogP contribution in [-0.4, -0.2) is 26.9 Å². The van der Waals surface area contributed by atoms with Gasteiger partial charge in [-0.3, -0.25) is 0 Å². The van der Waals surface area contributed by atoms with E-state index in [2.05, 4.69) is 5.10 Å². The highest BCUT2D eigenvalue weighted by molar-refractivity contribution is 6.58. The van der Waals surface area contributed by atoms with Crippen molar-refractivity contribution in [3.8, 4) is 5.69 Å². The maximum absolute atomic E-state index is 9.00. The molecular formula is C9H8BClN2O2. The maximum atomic E-state index is 9.00. The summed E-state index contributed by atoms with van der Waals surface area (Å²) < 4.78 is 1.56. The quantitative estimate of drug-likeness (QED) is 0.714. The Balaban J connectivity index is 2.41. The van der Waals surface area contributed by atoms with Gasteiger partial charge in [-0.2, -0.15) is 5.10 Å². The molecule has 0 saturated heterocycles. The minimum Gasteiger partial charge on any atom is -0.423 e. The van der Waals surface area contributed by atoms with E-state index in [9.17, 15) is 0 Å². The zero-order chi connectivity index (χ0) is 10.8. The van der Waals surface area contributed by atoms with Crippen LogP contribution in [0, 0.1) is 0 Å². The molecule has 2 N–H and O–H groups in total. The summed E-state index contributed by atoms with van der Waals surface area (Å²) in [5.74, 6) is 0. The van der Waals surface area contributed by atoms with Crippen LogP contribution >= 0.6 is 11.6 Å². The molecule has 1 aromatic carbocycles. The van der Waals surface area contributed by atoms with Crippen molar-refractivity contribution in [2.45, 2.75) is 0 Å². The Labute approximate surface area is 91.9 Å². The number of halogens is 1. The van der Waals surface area contributed by atoms with Crippen LogP contribution in [0.1, 0.15) is 0 Å². The van der Waals surface area contributed by atoms with Crippen LogP contribution in [0.5, 0.6) is 0 Å². The molecule has 2 rings (SSSR count). The second-order valence-corrected chi connectivity index (χ2v) is 3.51. The first-order chi connectivity index (χ1) is 7.16. The normalized spacial score (nSPS) is 10.3. The second-order valence-electron chi connectivity index (χ2n) is 3.07. The van der Waals surface area contributed by atoms with Crippen molar-refractivity contribution in [3.05, 3.63) is 41.7 Å². The van der Waals surface area contributed by atoms with Gasteiger partial charge in [0.1, 0.15) is 0 Å². The molecule has 0 fully saturated rings. The Morgan fingerprint density at radius 1 is 1.33 bits per heavy atom. The highest BCUT2D eigenvalue weighted by Crippen LogP contribution is 2.10. The number of rotatable bonds is 2. The molecule has 0 unspecified atom stereocenters. The summed E-state index contributed by atoms with van der Waals surface area (Å²) >= 11 is 5.73. The van der Waals surface area contributed by atoms with E-state index >= 15 is 0 Å². The van der Waals surface area contributed by atoms with Crippen LogP contribution in [-0.2, 0) is 0 Å². The molecular weight excluding hydrogens is 214 g/mol. The lowest BCUT2D eigenvalue weighted by Crippen LogP contribution is -2.29. The van der Waals surface area contributed by atoms with Crippen molar-refractivity contribution >= 4 is 24.2 Å². The van der Waals surface area contributed by atoms with Gasteiger partial charge >= 0.3 is 7.12 Å². The first kappa shape index (κ1) is 10.2. The van der Waals surface area contributed by atoms with E-state index in [1.807, 2.05) is 0 Å². The fourth-order valence-electron chi connectivity index (χ4n) is 1.27. The summed E-state index contributed by atoms with van der Waals surface area (Å²) in [5, 5.41) is 22.5. The first-order valence-electron chi connectivity index (χ1n) is 4.33. The summed E-state index contributed by atoms with van der Waals surface area (Å²) in [5.41, 5.74) is 1.15. The Hall–Kier alpha value is -1.30. The third-order valence-corrected chi connectivity index (χ3v) is 2.18. The average molecular weight is 222 g/mol. The molecule has 0 spiro atoms. The standard InChI is InChI=1S/C9H8BClN2O2/c11-8-5-12-13(6-8)9-3-1-2-7(4-9)10(14)15/h1-6,14-15H. The van der Waals surface area contributed by atoms with Crippen molar-refractivity contribution in [2.24, 2.45) is 0 Å². The van der Waals surface area contributed by atoms with E-state index in [4.69, 9.17) is 21.6 Å². The maximum Gasteiger partial charge on any atom is 0.488 e. The Kier molecular flexibility index (Phi) is 2.77. The zero-order valence-electron chi connectivity index (χ0n) is 7.71. The Morgan fingerprint density at radius 3 is 2.73 bits per heavy atom. The molecule has 0 amide bonds. The van der Waals surface area contributed by atoms with Gasteiger partial charge in [0.15, 0.2) is 0 Å². The molecule has 4 nitrogen and oxygen atoms in total. The largest absolute Gasteiger partial charge is 0.488 e. The fourth-order valence-corrected chi connectivity index (χ4v) is 1.41. The van der Waals surface area contributed by atoms with Gasteiger partial charge in [0.25, 0.3) is 0 Å². The van der Waals surface area contributed by atoms with Crippen LogP contribution in [0.25, 0.3) is 5.69 Å². The smallest absolute Gasteiger partial charge is 0.423 e. The molecule has 0 aliphatic rings. The van der Waals surface area contributed by atoms with Gasteiger partial charge in [-0.05, 0) is 17.6 Å². The van der Waals surface area contributed by atoms with E-state index in [1.165, 1.54) is 6.20 Å². The third kappa shape index (κ3) is 2.20. The van der Waals surface area contributed by atoms with Crippen LogP contribution in [0.3, 0.4) is 0 Å². The van der Waals surface area contributed by atoms with Crippen molar-refractivity contribution in [1.82, 2.24) is 9.78 Å². The Bertz CT molecular complexity index is 473. The lowest BCUT2D eigenvalue weighted by atomic mass is 9.80. The average Bonchev–Trinajstić information content (AvgIpc) is 2.65. The lowest BCUT2D eigenvalue weighted by molar-refractivity contribution is 0.426. The molecule has 76 valence electrons. The van der Waals surface area contributed by atoms with Crippen LogP contribution in [0.2, 0.25) is 5.02 Å². The van der Waals surface area contributed by atoms with E-state index in [-0.39, 0.29) is 0 Å². The molecule has 15 heavy (non-hydrogen) atoms. The molecule has 1 heterocycles. The summed E-state index contributed by atoms with van der Waals surface area (Å²) in [7, 11) is -1.48. The van der Waals surface area contributed by atoms with Crippen LogP contribution in [0.4, 0.5) is 0 Å². The number of aromatic nitrogens is 2. The first-order valence-corrected chi connectivity index (χ1v) is 4.71. The fraction of sp³-hybridized carbons (Fsp3) is 0. The predicted octanol–water partition coefficient (Wildman–Crippen LogP) is 0.205. The minimum atomic E-state index is -1.48. The summed E-state index contributed by atoms with van der Waals surface area (Å²) in [6.45, 7) is 0. The van der Waals surface area contributed by atoms with E-state index in [1.54, 1.807) is 35.1 Å². The van der Waals surface area contributed by atoms with Gasteiger partial charge in [0.05, 0.1) is 16.9 Å². The molecule has 0 saturated carbocycles. The zero-order valence-corrected chi connectivity index (χ0v) is 8.46. The molecule has 0 bridgehead atoms. The minimum absolute atomic E-state index is 0.416. The summed E-state index contributed by atoms with van der Waals surface area (Å²) in [6, 6.07) is 6.78. The summed E-state index contributed by atoms with van der Waals surface area (Å²) in [6.07, 6.45) is 3.16. The number of nitrogens with zero attached hydrogens (tertiary/aromatic N) is 2. The molecule has 0 aliphatic heterocycles. The van der Waals surface area contributed by atoms with Crippen molar-refractivity contribution in [3.63, 3.8) is 0 Å². The van der Waals surface area contributed by atoms with E-state index in [0.717, 1.165) is 5.69 Å². The number of hydrogen-bond donors (Lipinski definition) is 2. The van der Waals surface area contributed by atoms with Gasteiger partial charge in [-0.1, -0.05) is 23.7 Å². The van der Waals surface area contributed by atoms with Gasteiger partial charge in [0.2, 0.25) is 0 Å². The van der Waals surface area contributed by atoms with Crippen molar-refractivity contribution < 1.29 is 10.0 Å². The molecule has 1 aromatic heterocycles. The van der Waals surface area contributed by atoms with Gasteiger partial charge in [-0.25, -0.2) is 4.68 Å². The topological polar surface area (TPSA) is 58.3 Å². The number of benzene rings is 1. The molecule has 0 radical (unpaired) electrons.